The first-order chi connectivity index (χ1) is 7.88. The van der Waals surface area contributed by atoms with E-state index in [1.54, 1.807) is 0 Å². The lowest BCUT2D eigenvalue weighted by molar-refractivity contribution is -0.703. The van der Waals surface area contributed by atoms with Crippen LogP contribution in [0.4, 0.5) is 0 Å². The highest BCUT2D eigenvalue weighted by atomic mass is 16.5. The van der Waals surface area contributed by atoms with Crippen LogP contribution in [0.5, 0.6) is 0 Å². The molecule has 0 aliphatic rings. The summed E-state index contributed by atoms with van der Waals surface area (Å²) in [4.78, 5) is 3.25. The van der Waals surface area contributed by atoms with Crippen molar-refractivity contribution in [3.8, 4) is 0 Å². The van der Waals surface area contributed by atoms with Gasteiger partial charge in [-0.15, -0.1) is 0 Å². The van der Waals surface area contributed by atoms with Crippen molar-refractivity contribution in [3.05, 3.63) is 18.2 Å². The molecule has 0 bridgehead atoms. The second kappa shape index (κ2) is 8.30. The van der Waals surface area contributed by atoms with E-state index in [1.807, 2.05) is 20.0 Å². The summed E-state index contributed by atoms with van der Waals surface area (Å²) in [6.07, 6.45) is 6.04. The summed E-state index contributed by atoms with van der Waals surface area (Å²) in [6.45, 7) is 8.24. The maximum absolute atomic E-state index is 5.35. The summed E-state index contributed by atoms with van der Waals surface area (Å²) >= 11 is 0. The van der Waals surface area contributed by atoms with Crippen molar-refractivity contribution in [1.82, 2.24) is 4.98 Å². The zero-order valence-corrected chi connectivity index (χ0v) is 10.4. The molecule has 0 saturated carbocycles. The number of hydrogen-bond donors (Lipinski definition) is 1. The molecule has 1 heterocycles. The molecule has 0 atom stereocenters. The maximum Gasteiger partial charge on any atom is 0.256 e. The number of imidazole rings is 1. The average Bonchev–Trinajstić information content (AvgIpc) is 2.73. The minimum Gasteiger partial charge on any atom is -0.382 e. The molecule has 0 aromatic carbocycles. The van der Waals surface area contributed by atoms with Crippen LogP contribution in [-0.4, -0.2) is 31.4 Å². The fourth-order valence-corrected chi connectivity index (χ4v) is 1.62. The summed E-state index contributed by atoms with van der Waals surface area (Å²) in [6, 6.07) is 0. The lowest BCUT2D eigenvalue weighted by Crippen LogP contribution is -2.37. The molecule has 1 aromatic heterocycles. The van der Waals surface area contributed by atoms with Gasteiger partial charge >= 0.3 is 0 Å². The molecule has 4 nitrogen and oxygen atoms in total. The van der Waals surface area contributed by atoms with Crippen molar-refractivity contribution in [2.24, 2.45) is 0 Å². The Morgan fingerprint density at radius 2 is 1.94 bits per heavy atom. The van der Waals surface area contributed by atoms with Crippen LogP contribution in [0.3, 0.4) is 0 Å². The Bertz CT molecular complexity index is 274. The fourth-order valence-electron chi connectivity index (χ4n) is 1.62. The van der Waals surface area contributed by atoms with E-state index in [2.05, 4.69) is 15.7 Å². The van der Waals surface area contributed by atoms with Gasteiger partial charge in [-0.2, -0.15) is 0 Å². The summed E-state index contributed by atoms with van der Waals surface area (Å²) in [5.41, 5.74) is 0. The molecule has 1 N–H and O–H groups in total. The molecule has 0 spiro atoms. The van der Waals surface area contributed by atoms with Crippen LogP contribution in [0.15, 0.2) is 12.4 Å². The van der Waals surface area contributed by atoms with Crippen LogP contribution >= 0.6 is 0 Å². The highest BCUT2D eigenvalue weighted by molar-refractivity contribution is 4.77. The summed E-state index contributed by atoms with van der Waals surface area (Å²) in [5.74, 6) is 1.23. The number of aromatic nitrogens is 2. The molecule has 4 heteroatoms. The molecule has 0 unspecified atom stereocenters. The van der Waals surface area contributed by atoms with Gasteiger partial charge in [-0.25, -0.2) is 9.55 Å². The van der Waals surface area contributed by atoms with Gasteiger partial charge < -0.3 is 9.47 Å². The largest absolute Gasteiger partial charge is 0.382 e. The fraction of sp³-hybridized carbons (Fsp3) is 0.750. The molecule has 0 fully saturated rings. The van der Waals surface area contributed by atoms with E-state index >= 15 is 0 Å². The number of H-pyrrole nitrogens is 1. The zero-order valence-electron chi connectivity index (χ0n) is 10.4. The first-order valence-electron chi connectivity index (χ1n) is 6.09. The molecule has 1 rings (SSSR count). The van der Waals surface area contributed by atoms with Gasteiger partial charge in [-0.1, -0.05) is 0 Å². The highest BCUT2D eigenvalue weighted by Gasteiger charge is 2.09. The predicted molar refractivity (Wildman–Crippen MR) is 62.3 cm³/mol. The topological polar surface area (TPSA) is 38.1 Å². The Kier molecular flexibility index (Phi) is 6.85. The van der Waals surface area contributed by atoms with Crippen LogP contribution in [0.2, 0.25) is 0 Å². The summed E-state index contributed by atoms with van der Waals surface area (Å²) < 4.78 is 12.9. The number of aryl methyl sites for hydroxylation is 1. The third kappa shape index (κ3) is 4.77. The van der Waals surface area contributed by atoms with Gasteiger partial charge in [0.25, 0.3) is 5.82 Å². The third-order valence-electron chi connectivity index (χ3n) is 2.43. The SMILES string of the molecule is CCOCCC[n+]1cc[nH]c1CCOCC. The number of aromatic amines is 1. The van der Waals surface area contributed by atoms with Crippen LogP contribution in [0.25, 0.3) is 0 Å². The molecule has 0 amide bonds. The second-order valence-electron chi connectivity index (χ2n) is 3.60. The van der Waals surface area contributed by atoms with Gasteiger partial charge in [-0.05, 0) is 13.8 Å². The van der Waals surface area contributed by atoms with E-state index in [0.717, 1.165) is 45.8 Å². The van der Waals surface area contributed by atoms with Crippen LogP contribution in [0.1, 0.15) is 26.1 Å². The number of ether oxygens (including phenoxy) is 2. The molecule has 16 heavy (non-hydrogen) atoms. The molecule has 0 radical (unpaired) electrons. The van der Waals surface area contributed by atoms with Crippen molar-refractivity contribution in [1.29, 1.82) is 0 Å². The van der Waals surface area contributed by atoms with Gasteiger partial charge in [0.05, 0.1) is 26.2 Å². The monoisotopic (exact) mass is 227 g/mol. The Morgan fingerprint density at radius 1 is 1.19 bits per heavy atom. The van der Waals surface area contributed by atoms with Crippen molar-refractivity contribution < 1.29 is 14.0 Å². The molecule has 0 aliphatic carbocycles. The van der Waals surface area contributed by atoms with Crippen molar-refractivity contribution in [2.45, 2.75) is 33.2 Å². The van der Waals surface area contributed by atoms with E-state index in [1.165, 1.54) is 5.82 Å². The summed E-state index contributed by atoms with van der Waals surface area (Å²) in [5, 5.41) is 0. The molecular weight excluding hydrogens is 204 g/mol. The third-order valence-corrected chi connectivity index (χ3v) is 2.43. The molecule has 1 aromatic rings. The Morgan fingerprint density at radius 3 is 2.69 bits per heavy atom. The van der Waals surface area contributed by atoms with Crippen LogP contribution < -0.4 is 4.57 Å². The lowest BCUT2D eigenvalue weighted by atomic mass is 10.4. The van der Waals surface area contributed by atoms with E-state index < -0.39 is 0 Å². The van der Waals surface area contributed by atoms with Crippen molar-refractivity contribution in [2.75, 3.05) is 26.4 Å². The molecule has 0 aliphatic heterocycles. The van der Waals surface area contributed by atoms with E-state index in [-0.39, 0.29) is 0 Å². The average molecular weight is 227 g/mol. The van der Waals surface area contributed by atoms with Crippen molar-refractivity contribution in [3.63, 3.8) is 0 Å². The maximum atomic E-state index is 5.35. The van der Waals surface area contributed by atoms with Crippen LogP contribution in [0, 0.1) is 0 Å². The quantitative estimate of drug-likeness (QED) is 0.510. The lowest BCUT2D eigenvalue weighted by Gasteiger charge is -2.02. The number of hydrogen-bond acceptors (Lipinski definition) is 2. The predicted octanol–water partition coefficient (Wildman–Crippen LogP) is 1.31. The number of nitrogens with zero attached hydrogens (tertiary/aromatic N) is 1. The van der Waals surface area contributed by atoms with Gasteiger partial charge in [0.15, 0.2) is 0 Å². The minimum atomic E-state index is 0.780. The Hall–Kier alpha value is -0.870. The van der Waals surface area contributed by atoms with Gasteiger partial charge in [0, 0.05) is 19.6 Å². The standard InChI is InChI=1S/C12H22N2O2/c1-3-15-10-5-8-14-9-7-13-12(14)6-11-16-4-2/h7,9H,3-6,8,10-11H2,1-2H3/p+1. The zero-order chi connectivity index (χ0) is 11.6. The molecule has 92 valence electrons. The first-order valence-corrected chi connectivity index (χ1v) is 6.09. The molecule has 0 saturated heterocycles. The molecular formula is C12H23N2O2+. The summed E-state index contributed by atoms with van der Waals surface area (Å²) in [7, 11) is 0. The highest BCUT2D eigenvalue weighted by Crippen LogP contribution is 1.92. The Balaban J connectivity index is 2.26. The first kappa shape index (κ1) is 13.2. The van der Waals surface area contributed by atoms with E-state index in [9.17, 15) is 0 Å². The van der Waals surface area contributed by atoms with Gasteiger partial charge in [0.2, 0.25) is 0 Å². The normalized spacial score (nSPS) is 10.9. The second-order valence-corrected chi connectivity index (χ2v) is 3.60. The van der Waals surface area contributed by atoms with Crippen molar-refractivity contribution >= 4 is 0 Å². The van der Waals surface area contributed by atoms with Gasteiger partial charge in [-0.3, -0.25) is 0 Å². The number of nitrogens with one attached hydrogen (secondary N) is 1. The minimum absolute atomic E-state index is 0.780. The number of rotatable bonds is 9. The van der Waals surface area contributed by atoms with E-state index in [0.29, 0.717) is 0 Å². The van der Waals surface area contributed by atoms with Gasteiger partial charge in [0.1, 0.15) is 12.4 Å². The van der Waals surface area contributed by atoms with Crippen LogP contribution in [-0.2, 0) is 22.4 Å². The Labute approximate surface area is 97.6 Å². The van der Waals surface area contributed by atoms with E-state index in [4.69, 9.17) is 9.47 Å². The smallest absolute Gasteiger partial charge is 0.256 e.